The second-order valence-corrected chi connectivity index (χ2v) is 9.47. The van der Waals surface area contributed by atoms with Crippen LogP contribution in [0.2, 0.25) is 0 Å². The number of likely N-dealkylation sites (tertiary alicyclic amines) is 1. The Bertz CT molecular complexity index is 1040. The van der Waals surface area contributed by atoms with E-state index in [-0.39, 0.29) is 43.7 Å². The number of fused-ring (bicyclic) bond motifs is 3. The molecule has 1 fully saturated rings. The number of β-amino-alcohol motifs (C(OH)–C–C–N with tert-alkyl or cyclic N) is 1. The molecule has 3 N–H and O–H groups in total. The fourth-order valence-electron chi connectivity index (χ4n) is 5.05. The maximum atomic E-state index is 12.4. The molecule has 0 aromatic heterocycles. The second-order valence-electron chi connectivity index (χ2n) is 9.47. The standard InChI is InChI=1S/C27H32N2O6/c1-17(10-11-25(31)29-15-18(30)14-24(29)26(32)33)12-13-28-27(34)35-16-23-21-8-4-2-6-19(21)20-7-3-5-9-22(20)23/h2-9,17-18,23-24,30H,10-16H2,1H3,(H,28,34)(H,32,33)/t17?,18-,24+/m1/s1. The first-order chi connectivity index (χ1) is 16.8. The molecule has 2 aliphatic rings. The molecule has 2 aromatic rings. The Morgan fingerprint density at radius 3 is 2.31 bits per heavy atom. The van der Waals surface area contributed by atoms with Gasteiger partial charge in [0.2, 0.25) is 5.91 Å². The quantitative estimate of drug-likeness (QED) is 0.507. The largest absolute Gasteiger partial charge is 0.480 e. The van der Waals surface area contributed by atoms with E-state index in [2.05, 4.69) is 29.6 Å². The summed E-state index contributed by atoms with van der Waals surface area (Å²) in [7, 11) is 0. The number of amides is 2. The third-order valence-corrected chi connectivity index (χ3v) is 6.99. The molecule has 0 bridgehead atoms. The van der Waals surface area contributed by atoms with Crippen LogP contribution in [-0.2, 0) is 14.3 Å². The minimum Gasteiger partial charge on any atom is -0.480 e. The Kier molecular flexibility index (Phi) is 7.70. The number of carboxylic acids is 1. The highest BCUT2D eigenvalue weighted by molar-refractivity contribution is 5.84. The summed E-state index contributed by atoms with van der Waals surface area (Å²) in [6.07, 6.45) is 0.264. The van der Waals surface area contributed by atoms with Gasteiger partial charge in [0.25, 0.3) is 0 Å². The van der Waals surface area contributed by atoms with E-state index in [4.69, 9.17) is 4.74 Å². The lowest BCUT2D eigenvalue weighted by Gasteiger charge is -2.22. The minimum atomic E-state index is -1.09. The molecule has 8 nitrogen and oxygen atoms in total. The van der Waals surface area contributed by atoms with Gasteiger partial charge in [-0.3, -0.25) is 4.79 Å². The van der Waals surface area contributed by atoms with Crippen molar-refractivity contribution in [2.45, 2.75) is 50.7 Å². The van der Waals surface area contributed by atoms with Crippen LogP contribution in [-0.4, -0.2) is 64.9 Å². The van der Waals surface area contributed by atoms with Crippen LogP contribution in [0, 0.1) is 5.92 Å². The van der Waals surface area contributed by atoms with E-state index in [0.29, 0.717) is 19.4 Å². The SMILES string of the molecule is CC(CCNC(=O)OCC1c2ccccc2-c2ccccc21)CCC(=O)N1C[C@H](O)C[C@H]1C(=O)O. The summed E-state index contributed by atoms with van der Waals surface area (Å²) < 4.78 is 5.54. The minimum absolute atomic E-state index is 0.0109. The van der Waals surface area contributed by atoms with Crippen molar-refractivity contribution >= 4 is 18.0 Å². The van der Waals surface area contributed by atoms with Crippen LogP contribution >= 0.6 is 0 Å². The molecule has 4 rings (SSSR count). The van der Waals surface area contributed by atoms with Crippen LogP contribution in [0.25, 0.3) is 11.1 Å². The summed E-state index contributed by atoms with van der Waals surface area (Å²) in [4.78, 5) is 37.3. The van der Waals surface area contributed by atoms with Gasteiger partial charge in [0, 0.05) is 31.8 Å². The number of ether oxygens (including phenoxy) is 1. The lowest BCUT2D eigenvalue weighted by molar-refractivity contribution is -0.148. The average molecular weight is 481 g/mol. The summed E-state index contributed by atoms with van der Waals surface area (Å²) in [6, 6.07) is 15.4. The van der Waals surface area contributed by atoms with Crippen molar-refractivity contribution in [3.63, 3.8) is 0 Å². The highest BCUT2D eigenvalue weighted by Gasteiger charge is 2.38. The Balaban J connectivity index is 1.18. The molecule has 1 unspecified atom stereocenters. The number of hydrogen-bond acceptors (Lipinski definition) is 5. The van der Waals surface area contributed by atoms with Crippen LogP contribution in [0.3, 0.4) is 0 Å². The zero-order valence-corrected chi connectivity index (χ0v) is 19.9. The van der Waals surface area contributed by atoms with Crippen LogP contribution < -0.4 is 5.32 Å². The number of nitrogens with one attached hydrogen (secondary N) is 1. The average Bonchev–Trinajstić information content (AvgIpc) is 3.39. The number of carbonyl (C=O) groups excluding carboxylic acids is 2. The van der Waals surface area contributed by atoms with Crippen molar-refractivity contribution in [1.82, 2.24) is 10.2 Å². The molecule has 8 heteroatoms. The van der Waals surface area contributed by atoms with Gasteiger partial charge in [-0.05, 0) is 41.0 Å². The number of benzene rings is 2. The molecule has 2 aromatic carbocycles. The predicted octanol–water partition coefficient (Wildman–Crippen LogP) is 3.38. The fraction of sp³-hybridized carbons (Fsp3) is 0.444. The zero-order valence-electron chi connectivity index (χ0n) is 19.9. The fourth-order valence-corrected chi connectivity index (χ4v) is 5.05. The number of nitrogens with zero attached hydrogens (tertiary/aromatic N) is 1. The molecular weight excluding hydrogens is 448 g/mol. The summed E-state index contributed by atoms with van der Waals surface area (Å²) in [5.74, 6) is -1.18. The maximum Gasteiger partial charge on any atom is 0.407 e. The highest BCUT2D eigenvalue weighted by Crippen LogP contribution is 2.44. The first-order valence-corrected chi connectivity index (χ1v) is 12.1. The van der Waals surface area contributed by atoms with E-state index in [1.165, 1.54) is 16.0 Å². The molecule has 0 spiro atoms. The number of carbonyl (C=O) groups is 3. The second kappa shape index (κ2) is 10.9. The van der Waals surface area contributed by atoms with Gasteiger partial charge >= 0.3 is 12.1 Å². The van der Waals surface area contributed by atoms with Crippen molar-refractivity contribution < 1.29 is 29.3 Å². The number of aliphatic hydroxyl groups excluding tert-OH is 1. The number of aliphatic carboxylic acids is 1. The molecule has 1 aliphatic carbocycles. The third kappa shape index (κ3) is 5.65. The van der Waals surface area contributed by atoms with E-state index in [1.54, 1.807) is 0 Å². The van der Waals surface area contributed by atoms with Crippen LogP contribution in [0.5, 0.6) is 0 Å². The van der Waals surface area contributed by atoms with Crippen molar-refractivity contribution in [3.8, 4) is 11.1 Å². The lowest BCUT2D eigenvalue weighted by Crippen LogP contribution is -2.40. The van der Waals surface area contributed by atoms with Gasteiger partial charge in [-0.2, -0.15) is 0 Å². The number of hydrogen-bond donors (Lipinski definition) is 3. The Morgan fingerprint density at radius 1 is 1.06 bits per heavy atom. The summed E-state index contributed by atoms with van der Waals surface area (Å²) in [5.41, 5.74) is 4.68. The third-order valence-electron chi connectivity index (χ3n) is 6.99. The van der Waals surface area contributed by atoms with Gasteiger partial charge < -0.3 is 25.2 Å². The molecule has 1 heterocycles. The topological polar surface area (TPSA) is 116 Å². The van der Waals surface area contributed by atoms with Crippen molar-refractivity contribution in [2.75, 3.05) is 19.7 Å². The lowest BCUT2D eigenvalue weighted by atomic mass is 9.98. The Morgan fingerprint density at radius 2 is 1.69 bits per heavy atom. The maximum absolute atomic E-state index is 12.4. The van der Waals surface area contributed by atoms with Crippen LogP contribution in [0.4, 0.5) is 4.79 Å². The van der Waals surface area contributed by atoms with Gasteiger partial charge in [0.1, 0.15) is 12.6 Å². The smallest absolute Gasteiger partial charge is 0.407 e. The van der Waals surface area contributed by atoms with Gasteiger partial charge in [-0.1, -0.05) is 55.5 Å². The van der Waals surface area contributed by atoms with Crippen LogP contribution in [0.1, 0.15) is 49.7 Å². The van der Waals surface area contributed by atoms with E-state index in [0.717, 1.165) is 11.1 Å². The zero-order chi connectivity index (χ0) is 24.9. The number of aliphatic hydroxyl groups is 1. The molecule has 0 saturated carbocycles. The Labute approximate surface area is 204 Å². The molecule has 1 aliphatic heterocycles. The predicted molar refractivity (Wildman–Crippen MR) is 130 cm³/mol. The van der Waals surface area contributed by atoms with Crippen LogP contribution in [0.15, 0.2) is 48.5 Å². The van der Waals surface area contributed by atoms with Crippen molar-refractivity contribution in [1.29, 1.82) is 0 Å². The van der Waals surface area contributed by atoms with E-state index in [9.17, 15) is 24.6 Å². The van der Waals surface area contributed by atoms with E-state index < -0.39 is 24.2 Å². The normalized spacial score (nSPS) is 19.7. The number of rotatable bonds is 9. The van der Waals surface area contributed by atoms with E-state index >= 15 is 0 Å². The molecule has 1 saturated heterocycles. The van der Waals surface area contributed by atoms with Gasteiger partial charge in [0.15, 0.2) is 0 Å². The molecule has 186 valence electrons. The number of alkyl carbamates (subject to hydrolysis) is 1. The van der Waals surface area contributed by atoms with Crippen molar-refractivity contribution in [2.24, 2.45) is 5.92 Å². The highest BCUT2D eigenvalue weighted by atomic mass is 16.5. The first kappa shape index (κ1) is 24.7. The summed E-state index contributed by atoms with van der Waals surface area (Å²) >= 11 is 0. The van der Waals surface area contributed by atoms with Gasteiger partial charge in [-0.15, -0.1) is 0 Å². The van der Waals surface area contributed by atoms with E-state index in [1.807, 2.05) is 31.2 Å². The molecule has 0 radical (unpaired) electrons. The first-order valence-electron chi connectivity index (χ1n) is 12.1. The summed E-state index contributed by atoms with van der Waals surface area (Å²) in [6.45, 7) is 2.73. The Hall–Kier alpha value is -3.39. The van der Waals surface area contributed by atoms with Gasteiger partial charge in [0.05, 0.1) is 6.10 Å². The molecule has 2 amide bonds. The molecule has 3 atom stereocenters. The molecule has 35 heavy (non-hydrogen) atoms. The molecular formula is C27H32N2O6. The van der Waals surface area contributed by atoms with Gasteiger partial charge in [-0.25, -0.2) is 9.59 Å². The number of carboxylic acid groups (broad SMARTS) is 1. The van der Waals surface area contributed by atoms with Crippen molar-refractivity contribution in [3.05, 3.63) is 59.7 Å². The summed E-state index contributed by atoms with van der Waals surface area (Å²) in [5, 5.41) is 21.8. The monoisotopic (exact) mass is 480 g/mol.